The molecule has 0 aliphatic carbocycles. The van der Waals surface area contributed by atoms with Crippen LogP contribution in [0.4, 0.5) is 5.69 Å². The molecule has 0 radical (unpaired) electrons. The van der Waals surface area contributed by atoms with Gasteiger partial charge < -0.3 is 5.32 Å². The van der Waals surface area contributed by atoms with Gasteiger partial charge in [0, 0.05) is 10.7 Å². The molecule has 2 rings (SSSR count). The zero-order chi connectivity index (χ0) is 14.5. The van der Waals surface area contributed by atoms with E-state index in [-0.39, 0.29) is 6.04 Å². The highest BCUT2D eigenvalue weighted by molar-refractivity contribution is 6.30. The highest BCUT2D eigenvalue weighted by atomic mass is 35.5. The Labute approximate surface area is 125 Å². The zero-order valence-corrected chi connectivity index (χ0v) is 12.4. The number of nitrogens with one attached hydrogen (secondary N) is 1. The molecule has 0 heterocycles. The van der Waals surface area contributed by atoms with Crippen LogP contribution < -0.4 is 5.32 Å². The molecule has 2 nitrogen and oxygen atoms in total. The second-order valence-corrected chi connectivity index (χ2v) is 5.24. The Morgan fingerprint density at radius 2 is 2.05 bits per heavy atom. The lowest BCUT2D eigenvalue weighted by Crippen LogP contribution is -2.10. The predicted molar refractivity (Wildman–Crippen MR) is 84.0 cm³/mol. The molecule has 102 valence electrons. The van der Waals surface area contributed by atoms with Crippen molar-refractivity contribution in [1.29, 1.82) is 5.26 Å². The van der Waals surface area contributed by atoms with Gasteiger partial charge >= 0.3 is 0 Å². The van der Waals surface area contributed by atoms with Gasteiger partial charge in [-0.15, -0.1) is 0 Å². The summed E-state index contributed by atoms with van der Waals surface area (Å²) in [5.74, 6) is 0. The minimum atomic E-state index is 0.182. The summed E-state index contributed by atoms with van der Waals surface area (Å²) in [4.78, 5) is 0. The van der Waals surface area contributed by atoms with E-state index in [0.717, 1.165) is 28.3 Å². The van der Waals surface area contributed by atoms with Crippen LogP contribution in [0.1, 0.15) is 36.1 Å². The Bertz CT molecular complexity index is 644. The second-order valence-electron chi connectivity index (χ2n) is 4.80. The van der Waals surface area contributed by atoms with Gasteiger partial charge in [-0.25, -0.2) is 0 Å². The molecule has 0 fully saturated rings. The van der Waals surface area contributed by atoms with Crippen molar-refractivity contribution in [1.82, 2.24) is 0 Å². The minimum absolute atomic E-state index is 0.182. The number of hydrogen-bond acceptors (Lipinski definition) is 2. The van der Waals surface area contributed by atoms with Crippen LogP contribution in [-0.2, 0) is 0 Å². The summed E-state index contributed by atoms with van der Waals surface area (Å²) in [5, 5.41) is 13.2. The number of anilines is 1. The van der Waals surface area contributed by atoms with Crippen LogP contribution in [0.5, 0.6) is 0 Å². The first-order chi connectivity index (χ1) is 9.63. The molecule has 1 unspecified atom stereocenters. The maximum atomic E-state index is 9.00. The van der Waals surface area contributed by atoms with Crippen molar-refractivity contribution in [3.8, 4) is 6.07 Å². The number of halogens is 1. The third kappa shape index (κ3) is 3.31. The molecule has 0 aliphatic rings. The Kier molecular flexibility index (Phi) is 4.65. The van der Waals surface area contributed by atoms with Crippen molar-refractivity contribution in [2.75, 3.05) is 5.32 Å². The maximum Gasteiger partial charge on any atom is 0.0992 e. The largest absolute Gasteiger partial charge is 0.378 e. The molecule has 1 N–H and O–H groups in total. The molecule has 0 amide bonds. The normalized spacial score (nSPS) is 11.7. The zero-order valence-electron chi connectivity index (χ0n) is 11.7. The van der Waals surface area contributed by atoms with Crippen LogP contribution in [0.15, 0.2) is 42.5 Å². The van der Waals surface area contributed by atoms with E-state index in [1.807, 2.05) is 43.3 Å². The quantitative estimate of drug-likeness (QED) is 0.849. The van der Waals surface area contributed by atoms with E-state index in [9.17, 15) is 0 Å². The smallest absolute Gasteiger partial charge is 0.0992 e. The summed E-state index contributed by atoms with van der Waals surface area (Å²) in [6, 6.07) is 15.9. The van der Waals surface area contributed by atoms with Crippen LogP contribution in [0.2, 0.25) is 5.02 Å². The van der Waals surface area contributed by atoms with Gasteiger partial charge in [-0.3, -0.25) is 0 Å². The fourth-order valence-electron chi connectivity index (χ4n) is 2.18. The standard InChI is InChI=1S/C17H17ClN2/c1-3-16(14-5-4-6-15(18)10-14)20-17-9-13(11-19)8-7-12(17)2/h4-10,16,20H,3H2,1-2H3. The van der Waals surface area contributed by atoms with Crippen molar-refractivity contribution < 1.29 is 0 Å². The average Bonchev–Trinajstić information content (AvgIpc) is 2.46. The van der Waals surface area contributed by atoms with E-state index < -0.39 is 0 Å². The molecule has 20 heavy (non-hydrogen) atoms. The number of nitriles is 1. The molecule has 0 saturated carbocycles. The Morgan fingerprint density at radius 3 is 2.70 bits per heavy atom. The number of benzene rings is 2. The van der Waals surface area contributed by atoms with E-state index >= 15 is 0 Å². The third-order valence-electron chi connectivity index (χ3n) is 3.36. The molecule has 0 bridgehead atoms. The van der Waals surface area contributed by atoms with Gasteiger partial charge in [-0.2, -0.15) is 5.26 Å². The Balaban J connectivity index is 2.29. The Hall–Kier alpha value is -1.98. The van der Waals surface area contributed by atoms with E-state index in [1.54, 1.807) is 0 Å². The second kappa shape index (κ2) is 6.45. The van der Waals surface area contributed by atoms with Crippen molar-refractivity contribution >= 4 is 17.3 Å². The molecule has 1 atom stereocenters. The number of nitrogens with zero attached hydrogens (tertiary/aromatic N) is 1. The van der Waals surface area contributed by atoms with Gasteiger partial charge in [0.25, 0.3) is 0 Å². The summed E-state index contributed by atoms with van der Waals surface area (Å²) >= 11 is 6.06. The first-order valence-electron chi connectivity index (χ1n) is 6.66. The maximum absolute atomic E-state index is 9.00. The minimum Gasteiger partial charge on any atom is -0.378 e. The van der Waals surface area contributed by atoms with Crippen LogP contribution in [0, 0.1) is 18.3 Å². The first-order valence-corrected chi connectivity index (χ1v) is 7.04. The molecular weight excluding hydrogens is 268 g/mol. The van der Waals surface area contributed by atoms with E-state index in [1.165, 1.54) is 0 Å². The highest BCUT2D eigenvalue weighted by Gasteiger charge is 2.11. The predicted octanol–water partition coefficient (Wildman–Crippen LogP) is 5.08. The van der Waals surface area contributed by atoms with E-state index in [0.29, 0.717) is 5.56 Å². The fourth-order valence-corrected chi connectivity index (χ4v) is 2.38. The lowest BCUT2D eigenvalue weighted by atomic mass is 10.0. The van der Waals surface area contributed by atoms with Crippen LogP contribution in [0.3, 0.4) is 0 Å². The van der Waals surface area contributed by atoms with Crippen LogP contribution in [0.25, 0.3) is 0 Å². The lowest BCUT2D eigenvalue weighted by molar-refractivity contribution is 0.748. The summed E-state index contributed by atoms with van der Waals surface area (Å²) < 4.78 is 0. The van der Waals surface area contributed by atoms with Crippen molar-refractivity contribution in [2.45, 2.75) is 26.3 Å². The monoisotopic (exact) mass is 284 g/mol. The Morgan fingerprint density at radius 1 is 1.25 bits per heavy atom. The van der Waals surface area contributed by atoms with Gasteiger partial charge in [0.05, 0.1) is 17.7 Å². The van der Waals surface area contributed by atoms with E-state index in [2.05, 4.69) is 24.4 Å². The van der Waals surface area contributed by atoms with Crippen LogP contribution in [-0.4, -0.2) is 0 Å². The van der Waals surface area contributed by atoms with E-state index in [4.69, 9.17) is 16.9 Å². The molecule has 2 aromatic rings. The summed E-state index contributed by atoms with van der Waals surface area (Å²) in [5.41, 5.74) is 3.95. The molecule has 2 aromatic carbocycles. The topological polar surface area (TPSA) is 35.8 Å². The number of rotatable bonds is 4. The fraction of sp³-hybridized carbons (Fsp3) is 0.235. The molecule has 0 saturated heterocycles. The highest BCUT2D eigenvalue weighted by Crippen LogP contribution is 2.27. The van der Waals surface area contributed by atoms with Gasteiger partial charge in [0.2, 0.25) is 0 Å². The third-order valence-corrected chi connectivity index (χ3v) is 3.59. The van der Waals surface area contributed by atoms with Gasteiger partial charge in [0.15, 0.2) is 0 Å². The van der Waals surface area contributed by atoms with Gasteiger partial charge in [0.1, 0.15) is 0 Å². The SMILES string of the molecule is CCC(Nc1cc(C#N)ccc1C)c1cccc(Cl)c1. The van der Waals surface area contributed by atoms with Gasteiger partial charge in [-0.05, 0) is 48.7 Å². The first kappa shape index (κ1) is 14.4. The van der Waals surface area contributed by atoms with Gasteiger partial charge in [-0.1, -0.05) is 36.7 Å². The summed E-state index contributed by atoms with van der Waals surface area (Å²) in [7, 11) is 0. The van der Waals surface area contributed by atoms with Crippen molar-refractivity contribution in [3.63, 3.8) is 0 Å². The van der Waals surface area contributed by atoms with Crippen molar-refractivity contribution in [2.24, 2.45) is 0 Å². The summed E-state index contributed by atoms with van der Waals surface area (Å²) in [6.45, 7) is 4.16. The molecule has 0 spiro atoms. The molecular formula is C17H17ClN2. The van der Waals surface area contributed by atoms with Crippen LogP contribution >= 0.6 is 11.6 Å². The lowest BCUT2D eigenvalue weighted by Gasteiger charge is -2.20. The summed E-state index contributed by atoms with van der Waals surface area (Å²) in [6.07, 6.45) is 0.941. The number of hydrogen-bond donors (Lipinski definition) is 1. The molecule has 0 aliphatic heterocycles. The molecule has 3 heteroatoms. The average molecular weight is 285 g/mol. The number of aryl methyl sites for hydroxylation is 1. The molecule has 0 aromatic heterocycles. The van der Waals surface area contributed by atoms with Crippen molar-refractivity contribution in [3.05, 3.63) is 64.2 Å².